The Bertz CT molecular complexity index is 999. The highest BCUT2D eigenvalue weighted by Crippen LogP contribution is 2.23. The maximum atomic E-state index is 12.9. The summed E-state index contributed by atoms with van der Waals surface area (Å²) in [6.07, 6.45) is 1.53. The van der Waals surface area contributed by atoms with Crippen molar-refractivity contribution in [1.29, 1.82) is 0 Å². The van der Waals surface area contributed by atoms with Gasteiger partial charge in [0.25, 0.3) is 11.8 Å². The lowest BCUT2D eigenvalue weighted by molar-refractivity contribution is 0.0884. The Kier molecular flexibility index (Phi) is 3.65. The first-order valence-electron chi connectivity index (χ1n) is 7.96. The minimum atomic E-state index is -0.453. The molecule has 1 aliphatic rings. The highest BCUT2D eigenvalue weighted by molar-refractivity contribution is 6.31. The van der Waals surface area contributed by atoms with Gasteiger partial charge in [0.15, 0.2) is 0 Å². The van der Waals surface area contributed by atoms with Crippen molar-refractivity contribution in [3.05, 3.63) is 89.2 Å². The molecule has 6 nitrogen and oxygen atoms in total. The third-order valence-electron chi connectivity index (χ3n) is 4.30. The van der Waals surface area contributed by atoms with E-state index in [0.29, 0.717) is 22.4 Å². The highest BCUT2D eigenvalue weighted by atomic mass is 16.5. The fourth-order valence-electron chi connectivity index (χ4n) is 2.99. The summed E-state index contributed by atoms with van der Waals surface area (Å²) in [6.45, 7) is 0. The van der Waals surface area contributed by atoms with Crippen molar-refractivity contribution < 1.29 is 19.1 Å². The number of ketones is 1. The summed E-state index contributed by atoms with van der Waals surface area (Å²) in [5.74, 6) is -0.567. The van der Waals surface area contributed by atoms with E-state index < -0.39 is 11.8 Å². The van der Waals surface area contributed by atoms with Crippen molar-refractivity contribution in [3.63, 3.8) is 0 Å². The lowest BCUT2D eigenvalue weighted by Gasteiger charge is -2.18. The number of hydrogen-bond donors (Lipinski definition) is 0. The number of nitrogens with zero attached hydrogens (tertiary/aromatic N) is 2. The van der Waals surface area contributed by atoms with Crippen molar-refractivity contribution in [2.75, 3.05) is 12.1 Å². The average molecular weight is 346 g/mol. The first-order chi connectivity index (χ1) is 12.6. The molecule has 1 aromatic heterocycles. The van der Waals surface area contributed by atoms with Gasteiger partial charge in [0, 0.05) is 11.8 Å². The van der Waals surface area contributed by atoms with Crippen LogP contribution in [0.4, 0.5) is 0 Å². The number of amides is 2. The number of hydrogen-bond acceptors (Lipinski definition) is 4. The van der Waals surface area contributed by atoms with E-state index in [1.807, 2.05) is 0 Å². The molecule has 4 rings (SSSR count). The molecule has 2 aromatic carbocycles. The van der Waals surface area contributed by atoms with Crippen LogP contribution in [0.25, 0.3) is 0 Å². The van der Waals surface area contributed by atoms with Crippen LogP contribution in [0.15, 0.2) is 66.9 Å². The SMILES string of the molecule is COc1ccc(C(=O)c2cccn2N2C(=O)c3ccccc3C2=O)cc1. The Morgan fingerprint density at radius 2 is 1.46 bits per heavy atom. The van der Waals surface area contributed by atoms with Gasteiger partial charge in [0.05, 0.1) is 18.2 Å². The highest BCUT2D eigenvalue weighted by Gasteiger charge is 2.37. The smallest absolute Gasteiger partial charge is 0.281 e. The number of carbonyl (C=O) groups is 3. The summed E-state index contributed by atoms with van der Waals surface area (Å²) < 4.78 is 6.40. The molecule has 3 aromatic rings. The average Bonchev–Trinajstić information content (AvgIpc) is 3.25. The van der Waals surface area contributed by atoms with Crippen LogP contribution in [0.5, 0.6) is 5.75 Å². The summed E-state index contributed by atoms with van der Waals surface area (Å²) in [5, 5.41) is 0.988. The Morgan fingerprint density at radius 3 is 2.04 bits per heavy atom. The molecule has 0 unspecified atom stereocenters. The minimum absolute atomic E-state index is 0.227. The zero-order valence-electron chi connectivity index (χ0n) is 13.9. The van der Waals surface area contributed by atoms with Gasteiger partial charge in [-0.05, 0) is 48.5 Å². The van der Waals surface area contributed by atoms with Gasteiger partial charge in [-0.1, -0.05) is 12.1 Å². The van der Waals surface area contributed by atoms with Crippen LogP contribution in [-0.4, -0.2) is 29.4 Å². The van der Waals surface area contributed by atoms with Crippen molar-refractivity contribution in [1.82, 2.24) is 4.68 Å². The number of methoxy groups -OCH3 is 1. The van der Waals surface area contributed by atoms with Gasteiger partial charge in [0.2, 0.25) is 5.78 Å². The van der Waals surface area contributed by atoms with Gasteiger partial charge in [-0.25, -0.2) is 4.68 Å². The molecule has 0 spiro atoms. The standard InChI is InChI=1S/C20H14N2O4/c1-26-14-10-8-13(9-11-14)18(23)17-7-4-12-21(17)22-19(24)15-5-2-3-6-16(15)20(22)25/h2-12H,1H3. The number of aromatic nitrogens is 1. The Morgan fingerprint density at radius 1 is 0.846 bits per heavy atom. The van der Waals surface area contributed by atoms with Crippen LogP contribution in [-0.2, 0) is 0 Å². The maximum absolute atomic E-state index is 12.9. The van der Waals surface area contributed by atoms with Crippen LogP contribution < -0.4 is 9.75 Å². The molecule has 0 saturated carbocycles. The Hall–Kier alpha value is -3.67. The molecule has 0 saturated heterocycles. The monoisotopic (exact) mass is 346 g/mol. The molecular weight excluding hydrogens is 332 g/mol. The summed E-state index contributed by atoms with van der Waals surface area (Å²) in [7, 11) is 1.55. The van der Waals surface area contributed by atoms with Crippen molar-refractivity contribution in [2.45, 2.75) is 0 Å². The van der Waals surface area contributed by atoms with Crippen LogP contribution in [0, 0.1) is 0 Å². The molecule has 0 radical (unpaired) electrons. The summed E-state index contributed by atoms with van der Waals surface area (Å²) in [5.41, 5.74) is 1.31. The zero-order chi connectivity index (χ0) is 18.3. The molecule has 0 aliphatic carbocycles. The van der Waals surface area contributed by atoms with Gasteiger partial charge < -0.3 is 4.74 Å². The van der Waals surface area contributed by atoms with Crippen LogP contribution in [0.2, 0.25) is 0 Å². The molecule has 128 valence electrons. The van der Waals surface area contributed by atoms with E-state index in [1.165, 1.54) is 10.9 Å². The number of carbonyl (C=O) groups excluding carboxylic acids is 3. The first-order valence-corrected chi connectivity index (χ1v) is 7.96. The predicted molar refractivity (Wildman–Crippen MR) is 94.2 cm³/mol. The molecule has 2 heterocycles. The summed E-state index contributed by atoms with van der Waals surface area (Å²) in [6, 6.07) is 16.5. The Balaban J connectivity index is 1.73. The third kappa shape index (κ3) is 2.31. The minimum Gasteiger partial charge on any atom is -0.497 e. The van der Waals surface area contributed by atoms with Crippen LogP contribution in [0.3, 0.4) is 0 Å². The van der Waals surface area contributed by atoms with E-state index in [9.17, 15) is 14.4 Å². The summed E-state index contributed by atoms with van der Waals surface area (Å²) in [4.78, 5) is 38.2. The molecule has 0 bridgehead atoms. The van der Waals surface area contributed by atoms with Gasteiger partial charge in [-0.2, -0.15) is 5.01 Å². The van der Waals surface area contributed by atoms with E-state index in [1.54, 1.807) is 67.8 Å². The molecular formula is C20H14N2O4. The van der Waals surface area contributed by atoms with Crippen LogP contribution in [0.1, 0.15) is 36.8 Å². The number of benzene rings is 2. The third-order valence-corrected chi connectivity index (χ3v) is 4.30. The number of fused-ring (bicyclic) bond motifs is 1. The van der Waals surface area contributed by atoms with Crippen molar-refractivity contribution >= 4 is 17.6 Å². The normalized spacial score (nSPS) is 13.0. The van der Waals surface area contributed by atoms with Crippen molar-refractivity contribution in [2.24, 2.45) is 0 Å². The van der Waals surface area contributed by atoms with Gasteiger partial charge in [0.1, 0.15) is 11.4 Å². The maximum Gasteiger partial charge on any atom is 0.281 e. The molecule has 0 N–H and O–H groups in total. The first kappa shape index (κ1) is 15.8. The summed E-state index contributed by atoms with van der Waals surface area (Å²) >= 11 is 0. The second-order valence-corrected chi connectivity index (χ2v) is 5.76. The van der Waals surface area contributed by atoms with E-state index in [2.05, 4.69) is 0 Å². The molecule has 0 atom stereocenters. The van der Waals surface area contributed by atoms with Crippen LogP contribution >= 0.6 is 0 Å². The van der Waals surface area contributed by atoms with Gasteiger partial charge >= 0.3 is 0 Å². The topological polar surface area (TPSA) is 68.6 Å². The molecule has 26 heavy (non-hydrogen) atoms. The lowest BCUT2D eigenvalue weighted by atomic mass is 10.1. The second kappa shape index (κ2) is 6.00. The largest absolute Gasteiger partial charge is 0.497 e. The van der Waals surface area contributed by atoms with E-state index >= 15 is 0 Å². The lowest BCUT2D eigenvalue weighted by Crippen LogP contribution is -2.41. The number of ether oxygens (including phenoxy) is 1. The molecule has 6 heteroatoms. The fourth-order valence-corrected chi connectivity index (χ4v) is 2.99. The molecule has 0 fully saturated rings. The zero-order valence-corrected chi connectivity index (χ0v) is 13.9. The van der Waals surface area contributed by atoms with E-state index in [4.69, 9.17) is 4.74 Å². The number of imide groups is 1. The van der Waals surface area contributed by atoms with Gasteiger partial charge in [-0.15, -0.1) is 0 Å². The van der Waals surface area contributed by atoms with E-state index in [-0.39, 0.29) is 11.5 Å². The van der Waals surface area contributed by atoms with Gasteiger partial charge in [-0.3, -0.25) is 14.4 Å². The predicted octanol–water partition coefficient (Wildman–Crippen LogP) is 2.66. The second-order valence-electron chi connectivity index (χ2n) is 5.76. The van der Waals surface area contributed by atoms with E-state index in [0.717, 1.165) is 5.01 Å². The Labute approximate surface area is 149 Å². The molecule has 1 aliphatic heterocycles. The fraction of sp³-hybridized carbons (Fsp3) is 0.0500. The molecule has 2 amide bonds. The quantitative estimate of drug-likeness (QED) is 0.538. The number of rotatable bonds is 4. The van der Waals surface area contributed by atoms with Crippen molar-refractivity contribution in [3.8, 4) is 5.75 Å².